The van der Waals surface area contributed by atoms with Gasteiger partial charge < -0.3 is 9.64 Å². The highest BCUT2D eigenvalue weighted by atomic mass is 32.2. The number of thioether (sulfide) groups is 1. The van der Waals surface area contributed by atoms with Gasteiger partial charge in [0.1, 0.15) is 11.4 Å². The van der Waals surface area contributed by atoms with E-state index in [9.17, 15) is 31.2 Å². The van der Waals surface area contributed by atoms with Crippen molar-refractivity contribution in [1.82, 2.24) is 14.2 Å². The molecule has 2 aromatic rings. The summed E-state index contributed by atoms with van der Waals surface area (Å²) < 4.78 is 72.0. The molecule has 2 aliphatic rings. The number of benzene rings is 1. The van der Waals surface area contributed by atoms with Crippen LogP contribution in [-0.4, -0.2) is 71.9 Å². The molecule has 0 saturated carbocycles. The molecule has 200 valence electrons. The fourth-order valence-electron chi connectivity index (χ4n) is 3.92. The molecule has 0 bridgehead atoms. The number of alkyl halides is 3. The lowest BCUT2D eigenvalue weighted by atomic mass is 10.0. The maximum Gasteiger partial charge on any atom is 0.446 e. The number of pyridine rings is 1. The van der Waals surface area contributed by atoms with Crippen molar-refractivity contribution in [3.63, 3.8) is 0 Å². The van der Waals surface area contributed by atoms with Crippen molar-refractivity contribution < 1.29 is 35.9 Å². The van der Waals surface area contributed by atoms with Gasteiger partial charge in [0.15, 0.2) is 0 Å². The number of carbonyl (C=O) groups excluding carboxylic acids is 2. The molecular weight excluding hydrogens is 535 g/mol. The molecule has 3 amide bonds. The van der Waals surface area contributed by atoms with Crippen LogP contribution in [0.4, 0.5) is 29.5 Å². The first-order valence-electron chi connectivity index (χ1n) is 11.1. The standard InChI is InChI=1S/C22H24F3N5O5S2/c1-21(2)19(31)30(16-3-5-17(6-4-16)36-22(23,24)25)20(32)29(21)14-15-7-8-26-18(13-15)27-37(33,34)28-9-11-35-12-10-28/h3-8,13H,9-12,14H2,1-2H3,(H,26,27). The highest BCUT2D eigenvalue weighted by molar-refractivity contribution is 8.00. The molecule has 15 heteroatoms. The molecule has 0 spiro atoms. The van der Waals surface area contributed by atoms with E-state index in [0.29, 0.717) is 5.56 Å². The summed E-state index contributed by atoms with van der Waals surface area (Å²) in [5, 5.41) is 0. The van der Waals surface area contributed by atoms with Crippen molar-refractivity contribution in [1.29, 1.82) is 0 Å². The number of anilines is 2. The Morgan fingerprint density at radius 3 is 2.38 bits per heavy atom. The third kappa shape index (κ3) is 6.00. The molecule has 2 fully saturated rings. The van der Waals surface area contributed by atoms with Gasteiger partial charge in [-0.1, -0.05) is 0 Å². The van der Waals surface area contributed by atoms with E-state index in [1.807, 2.05) is 0 Å². The third-order valence-corrected chi connectivity index (χ3v) is 8.11. The van der Waals surface area contributed by atoms with E-state index in [-0.39, 0.29) is 61.0 Å². The summed E-state index contributed by atoms with van der Waals surface area (Å²) in [4.78, 5) is 32.6. The van der Waals surface area contributed by atoms with E-state index >= 15 is 0 Å². The molecule has 0 aliphatic carbocycles. The van der Waals surface area contributed by atoms with Crippen molar-refractivity contribution in [2.24, 2.45) is 0 Å². The number of amides is 3. The first-order chi connectivity index (χ1) is 17.3. The van der Waals surface area contributed by atoms with Crippen LogP contribution in [0.3, 0.4) is 0 Å². The van der Waals surface area contributed by atoms with Crippen molar-refractivity contribution in [2.45, 2.75) is 36.3 Å². The van der Waals surface area contributed by atoms with Crippen LogP contribution in [0.5, 0.6) is 0 Å². The summed E-state index contributed by atoms with van der Waals surface area (Å²) in [5.74, 6) is -0.495. The molecule has 10 nitrogen and oxygen atoms in total. The Morgan fingerprint density at radius 1 is 1.11 bits per heavy atom. The van der Waals surface area contributed by atoms with Gasteiger partial charge in [0, 0.05) is 30.7 Å². The Balaban J connectivity index is 1.51. The van der Waals surface area contributed by atoms with Gasteiger partial charge >= 0.3 is 21.7 Å². The van der Waals surface area contributed by atoms with Gasteiger partial charge in [0.25, 0.3) is 5.91 Å². The number of morpholine rings is 1. The number of nitrogens with zero attached hydrogens (tertiary/aromatic N) is 4. The van der Waals surface area contributed by atoms with Gasteiger partial charge in [-0.3, -0.25) is 9.52 Å². The van der Waals surface area contributed by atoms with Crippen LogP contribution < -0.4 is 9.62 Å². The third-order valence-electron chi connectivity index (χ3n) is 5.86. The average Bonchev–Trinajstić information content (AvgIpc) is 2.98. The number of halogens is 3. The molecule has 2 aliphatic heterocycles. The van der Waals surface area contributed by atoms with Gasteiger partial charge in [0.2, 0.25) is 0 Å². The quantitative estimate of drug-likeness (QED) is 0.409. The molecule has 37 heavy (non-hydrogen) atoms. The predicted octanol–water partition coefficient (Wildman–Crippen LogP) is 3.43. The van der Waals surface area contributed by atoms with Gasteiger partial charge in [-0.25, -0.2) is 14.7 Å². The van der Waals surface area contributed by atoms with E-state index in [1.165, 1.54) is 45.7 Å². The number of ether oxygens (including phenoxy) is 1. The van der Waals surface area contributed by atoms with Gasteiger partial charge in [0.05, 0.1) is 18.9 Å². The number of urea groups is 1. The Bertz CT molecular complexity index is 1280. The van der Waals surface area contributed by atoms with Crippen LogP contribution in [0.2, 0.25) is 0 Å². The van der Waals surface area contributed by atoms with Crippen LogP contribution in [0.15, 0.2) is 47.5 Å². The maximum absolute atomic E-state index is 13.3. The minimum atomic E-state index is -4.46. The van der Waals surface area contributed by atoms with Crippen molar-refractivity contribution in [3.05, 3.63) is 48.2 Å². The van der Waals surface area contributed by atoms with Crippen LogP contribution in [0.25, 0.3) is 0 Å². The second kappa shape index (κ2) is 10.1. The molecule has 0 atom stereocenters. The van der Waals surface area contributed by atoms with Crippen molar-refractivity contribution in [3.8, 4) is 0 Å². The monoisotopic (exact) mass is 559 g/mol. The summed E-state index contributed by atoms with van der Waals surface area (Å²) in [6.45, 7) is 4.07. The lowest BCUT2D eigenvalue weighted by molar-refractivity contribution is -0.123. The summed E-state index contributed by atoms with van der Waals surface area (Å²) in [5.41, 5.74) is -5.07. The van der Waals surface area contributed by atoms with Crippen LogP contribution in [0.1, 0.15) is 19.4 Å². The van der Waals surface area contributed by atoms with Crippen molar-refractivity contribution in [2.75, 3.05) is 35.9 Å². The van der Waals surface area contributed by atoms with Crippen molar-refractivity contribution >= 4 is 45.4 Å². The Morgan fingerprint density at radius 2 is 1.76 bits per heavy atom. The lowest BCUT2D eigenvalue weighted by Gasteiger charge is -2.28. The first-order valence-corrected chi connectivity index (χ1v) is 13.4. The largest absolute Gasteiger partial charge is 0.446 e. The minimum Gasteiger partial charge on any atom is -0.379 e. The SMILES string of the molecule is CC1(C)C(=O)N(c2ccc(SC(F)(F)F)cc2)C(=O)N1Cc1ccnc(NS(=O)(=O)N2CCOCC2)c1. The Hall–Kier alpha value is -2.88. The Kier molecular flexibility index (Phi) is 7.43. The second-order valence-electron chi connectivity index (χ2n) is 8.78. The van der Waals surface area contributed by atoms with E-state index in [4.69, 9.17) is 4.74 Å². The number of aromatic nitrogens is 1. The number of carbonyl (C=O) groups is 2. The lowest BCUT2D eigenvalue weighted by Crippen LogP contribution is -2.44. The minimum absolute atomic E-state index is 0.0368. The molecule has 1 aromatic heterocycles. The zero-order valence-electron chi connectivity index (χ0n) is 19.9. The number of hydrogen-bond acceptors (Lipinski definition) is 7. The molecule has 1 N–H and O–H groups in total. The van der Waals surface area contributed by atoms with E-state index in [1.54, 1.807) is 19.9 Å². The number of nitrogens with one attached hydrogen (secondary N) is 1. The summed E-state index contributed by atoms with van der Waals surface area (Å²) >= 11 is -0.293. The van der Waals surface area contributed by atoms with Gasteiger partial charge in [-0.15, -0.1) is 0 Å². The highest BCUT2D eigenvalue weighted by Gasteiger charge is 2.51. The number of rotatable bonds is 7. The summed E-state index contributed by atoms with van der Waals surface area (Å²) in [6, 6.07) is 7.37. The second-order valence-corrected chi connectivity index (χ2v) is 11.6. The highest BCUT2D eigenvalue weighted by Crippen LogP contribution is 2.39. The summed E-state index contributed by atoms with van der Waals surface area (Å²) in [6.07, 6.45) is 1.39. The smallest absolute Gasteiger partial charge is 0.379 e. The van der Waals surface area contributed by atoms with Gasteiger partial charge in [-0.05, 0) is 67.6 Å². The zero-order chi connectivity index (χ0) is 27.0. The maximum atomic E-state index is 13.3. The van der Waals surface area contributed by atoms with Gasteiger partial charge in [-0.2, -0.15) is 25.9 Å². The molecule has 2 saturated heterocycles. The predicted molar refractivity (Wildman–Crippen MR) is 130 cm³/mol. The normalized spacial score (nSPS) is 18.9. The van der Waals surface area contributed by atoms with E-state index < -0.39 is 33.2 Å². The topological polar surface area (TPSA) is 112 Å². The number of hydrogen-bond donors (Lipinski definition) is 1. The Labute approximate surface area is 215 Å². The first kappa shape index (κ1) is 27.2. The summed E-state index contributed by atoms with van der Waals surface area (Å²) in [7, 11) is -3.86. The molecular formula is C22H24F3N5O5S2. The average molecular weight is 560 g/mol. The molecule has 3 heterocycles. The van der Waals surface area contributed by atoms with Crippen LogP contribution in [0, 0.1) is 0 Å². The fraction of sp³-hybridized carbons (Fsp3) is 0.409. The van der Waals surface area contributed by atoms with E-state index in [0.717, 1.165) is 4.90 Å². The molecule has 4 rings (SSSR count). The van der Waals surface area contributed by atoms with Crippen LogP contribution >= 0.6 is 11.8 Å². The fourth-order valence-corrected chi connectivity index (χ4v) is 5.59. The molecule has 0 radical (unpaired) electrons. The zero-order valence-corrected chi connectivity index (χ0v) is 21.5. The molecule has 1 aromatic carbocycles. The van der Waals surface area contributed by atoms with E-state index in [2.05, 4.69) is 9.71 Å². The van der Waals surface area contributed by atoms with Crippen LogP contribution in [-0.2, 0) is 26.3 Å². The molecule has 0 unspecified atom stereocenters. The number of imide groups is 1.